The van der Waals surface area contributed by atoms with Gasteiger partial charge in [-0.15, -0.1) is 0 Å². The van der Waals surface area contributed by atoms with Crippen molar-refractivity contribution in [1.29, 1.82) is 0 Å². The number of benzene rings is 2. The second-order valence-electron chi connectivity index (χ2n) is 6.32. The van der Waals surface area contributed by atoms with Crippen LogP contribution in [0.5, 0.6) is 0 Å². The minimum atomic E-state index is -1.02. The number of H-pyrrole nitrogens is 1. The average Bonchev–Trinajstić information content (AvgIpc) is 3.29. The highest BCUT2D eigenvalue weighted by Gasteiger charge is 2.42. The van der Waals surface area contributed by atoms with Crippen molar-refractivity contribution in [3.05, 3.63) is 82.3 Å². The Balaban J connectivity index is 1.66. The molecule has 0 saturated heterocycles. The van der Waals surface area contributed by atoms with E-state index in [4.69, 9.17) is 0 Å². The molecule has 8 heteroatoms. The first-order valence-corrected chi connectivity index (χ1v) is 9.34. The molecule has 1 atom stereocenters. The zero-order chi connectivity index (χ0) is 19.7. The van der Waals surface area contributed by atoms with Crippen LogP contribution < -0.4 is 5.32 Å². The van der Waals surface area contributed by atoms with Gasteiger partial charge >= 0.3 is 0 Å². The Morgan fingerprint density at radius 2 is 1.71 bits per heavy atom. The quantitative estimate of drug-likeness (QED) is 0.598. The number of nitrogens with one attached hydrogen (secondary N) is 2. The van der Waals surface area contributed by atoms with Gasteiger partial charge in [-0.1, -0.05) is 28.1 Å². The molecule has 0 saturated carbocycles. The highest BCUT2D eigenvalue weighted by Crippen LogP contribution is 2.26. The van der Waals surface area contributed by atoms with Gasteiger partial charge in [-0.05, 0) is 36.4 Å². The molecule has 0 spiro atoms. The van der Waals surface area contributed by atoms with E-state index in [0.29, 0.717) is 22.5 Å². The number of carbonyl (C=O) groups is 3. The van der Waals surface area contributed by atoms with E-state index in [1.165, 1.54) is 6.33 Å². The highest BCUT2D eigenvalue weighted by molar-refractivity contribution is 9.10. The fourth-order valence-corrected chi connectivity index (χ4v) is 3.42. The van der Waals surface area contributed by atoms with E-state index >= 15 is 0 Å². The predicted octanol–water partition coefficient (Wildman–Crippen LogP) is 3.02. The van der Waals surface area contributed by atoms with Crippen LogP contribution in [-0.4, -0.2) is 38.6 Å². The molecule has 28 heavy (non-hydrogen) atoms. The molecule has 7 nitrogen and oxygen atoms in total. The van der Waals surface area contributed by atoms with Crippen molar-refractivity contribution in [2.45, 2.75) is 12.5 Å². The number of imidazole rings is 1. The molecule has 0 bridgehead atoms. The summed E-state index contributed by atoms with van der Waals surface area (Å²) in [6, 6.07) is 12.6. The number of anilines is 1. The summed E-state index contributed by atoms with van der Waals surface area (Å²) in [4.78, 5) is 46.7. The van der Waals surface area contributed by atoms with E-state index in [-0.39, 0.29) is 6.42 Å². The Morgan fingerprint density at radius 3 is 2.29 bits per heavy atom. The molecular weight excluding hydrogens is 424 g/mol. The number of halogens is 1. The van der Waals surface area contributed by atoms with E-state index in [1.807, 2.05) is 0 Å². The molecule has 2 N–H and O–H groups in total. The van der Waals surface area contributed by atoms with Crippen LogP contribution in [0.1, 0.15) is 26.4 Å². The average molecular weight is 439 g/mol. The fraction of sp³-hybridized carbons (Fsp3) is 0.100. The summed E-state index contributed by atoms with van der Waals surface area (Å²) in [5.74, 6) is -1.40. The monoisotopic (exact) mass is 438 g/mol. The Hall–Kier alpha value is -3.26. The maximum Gasteiger partial charge on any atom is 0.262 e. The molecule has 4 rings (SSSR count). The van der Waals surface area contributed by atoms with Crippen molar-refractivity contribution in [2.75, 3.05) is 5.32 Å². The summed E-state index contributed by atoms with van der Waals surface area (Å²) in [5, 5.41) is 2.79. The van der Waals surface area contributed by atoms with Crippen LogP contribution in [0.2, 0.25) is 0 Å². The van der Waals surface area contributed by atoms with Crippen LogP contribution in [0.4, 0.5) is 5.69 Å². The zero-order valence-electron chi connectivity index (χ0n) is 14.6. The number of aromatic nitrogens is 2. The van der Waals surface area contributed by atoms with E-state index in [1.54, 1.807) is 54.7 Å². The van der Waals surface area contributed by atoms with Crippen molar-refractivity contribution in [3.63, 3.8) is 0 Å². The maximum atomic E-state index is 13.0. The van der Waals surface area contributed by atoms with Crippen LogP contribution in [0.25, 0.3) is 0 Å². The number of amides is 3. The number of hydrogen-bond donors (Lipinski definition) is 2. The highest BCUT2D eigenvalue weighted by atomic mass is 79.9. The number of fused-ring (bicyclic) bond motifs is 1. The molecule has 0 unspecified atom stereocenters. The van der Waals surface area contributed by atoms with Crippen LogP contribution in [0, 0.1) is 0 Å². The third-order valence-electron chi connectivity index (χ3n) is 4.52. The second-order valence-corrected chi connectivity index (χ2v) is 7.23. The van der Waals surface area contributed by atoms with Crippen molar-refractivity contribution >= 4 is 39.3 Å². The van der Waals surface area contributed by atoms with Crippen molar-refractivity contribution in [2.24, 2.45) is 0 Å². The smallest absolute Gasteiger partial charge is 0.262 e. The molecule has 0 fully saturated rings. The number of nitrogens with zero attached hydrogens (tertiary/aromatic N) is 2. The Morgan fingerprint density at radius 1 is 1.07 bits per heavy atom. The number of aromatic amines is 1. The normalized spacial score (nSPS) is 14.1. The predicted molar refractivity (Wildman–Crippen MR) is 106 cm³/mol. The van der Waals surface area contributed by atoms with Gasteiger partial charge in [-0.25, -0.2) is 4.98 Å². The zero-order valence-corrected chi connectivity index (χ0v) is 16.1. The minimum absolute atomic E-state index is 0.133. The number of rotatable bonds is 5. The Bertz CT molecular complexity index is 1010. The molecule has 3 aromatic rings. The van der Waals surface area contributed by atoms with Crippen molar-refractivity contribution in [1.82, 2.24) is 14.9 Å². The third-order valence-corrected chi connectivity index (χ3v) is 5.05. The largest absolute Gasteiger partial charge is 0.348 e. The topological polar surface area (TPSA) is 95.2 Å². The standard InChI is InChI=1S/C20H15BrN4O3/c21-12-5-7-13(8-6-12)24-18(26)17(9-14-10-22-11-23-14)25-19(27)15-3-1-2-4-16(15)20(25)28/h1-8,10-11,17H,9H2,(H,22,23)(H,24,26)/t17-/m0/s1. The van der Waals surface area contributed by atoms with Gasteiger partial charge < -0.3 is 10.3 Å². The fourth-order valence-electron chi connectivity index (χ4n) is 3.16. The van der Waals surface area contributed by atoms with Gasteiger partial charge in [-0.3, -0.25) is 19.3 Å². The molecule has 2 heterocycles. The van der Waals surface area contributed by atoms with Crippen molar-refractivity contribution < 1.29 is 14.4 Å². The lowest BCUT2D eigenvalue weighted by Crippen LogP contribution is -2.48. The third kappa shape index (κ3) is 3.34. The first-order chi connectivity index (χ1) is 13.5. The van der Waals surface area contributed by atoms with E-state index in [2.05, 4.69) is 31.2 Å². The summed E-state index contributed by atoms with van der Waals surface area (Å²) < 4.78 is 0.875. The molecule has 2 aromatic carbocycles. The summed E-state index contributed by atoms with van der Waals surface area (Å²) in [6.45, 7) is 0. The summed E-state index contributed by atoms with van der Waals surface area (Å²) in [7, 11) is 0. The lowest BCUT2D eigenvalue weighted by Gasteiger charge is -2.25. The number of hydrogen-bond acceptors (Lipinski definition) is 4. The number of imide groups is 1. The van der Waals surface area contributed by atoms with E-state index in [0.717, 1.165) is 9.37 Å². The van der Waals surface area contributed by atoms with E-state index < -0.39 is 23.8 Å². The Labute approximate surface area is 168 Å². The van der Waals surface area contributed by atoms with Gasteiger partial charge in [0.05, 0.1) is 17.5 Å². The molecule has 0 aliphatic carbocycles. The maximum absolute atomic E-state index is 13.0. The molecule has 140 valence electrons. The molecular formula is C20H15BrN4O3. The van der Waals surface area contributed by atoms with Gasteiger partial charge in [0.2, 0.25) is 5.91 Å². The van der Waals surface area contributed by atoms with Gasteiger partial charge in [-0.2, -0.15) is 0 Å². The van der Waals surface area contributed by atoms with Gasteiger partial charge in [0.15, 0.2) is 0 Å². The first-order valence-electron chi connectivity index (χ1n) is 8.55. The molecule has 0 radical (unpaired) electrons. The van der Waals surface area contributed by atoms with Gasteiger partial charge in [0.25, 0.3) is 11.8 Å². The van der Waals surface area contributed by atoms with Crippen LogP contribution >= 0.6 is 15.9 Å². The van der Waals surface area contributed by atoms with Gasteiger partial charge in [0.1, 0.15) is 6.04 Å². The summed E-state index contributed by atoms with van der Waals surface area (Å²) in [5.41, 5.74) is 1.82. The van der Waals surface area contributed by atoms with E-state index in [9.17, 15) is 14.4 Å². The minimum Gasteiger partial charge on any atom is -0.348 e. The molecule has 1 aliphatic rings. The first kappa shape index (κ1) is 18.1. The van der Waals surface area contributed by atoms with Crippen LogP contribution in [-0.2, 0) is 11.2 Å². The van der Waals surface area contributed by atoms with Gasteiger partial charge in [0, 0.05) is 28.5 Å². The second kappa shape index (κ2) is 7.40. The number of carbonyl (C=O) groups excluding carboxylic acids is 3. The lowest BCUT2D eigenvalue weighted by molar-refractivity contribution is -0.119. The SMILES string of the molecule is O=C(Nc1ccc(Br)cc1)[C@H](Cc1cnc[nH]1)N1C(=O)c2ccccc2C1=O. The molecule has 1 aliphatic heterocycles. The lowest BCUT2D eigenvalue weighted by atomic mass is 10.1. The Kier molecular flexibility index (Phi) is 4.79. The van der Waals surface area contributed by atoms with Crippen LogP contribution in [0.15, 0.2) is 65.5 Å². The molecule has 1 aromatic heterocycles. The molecule has 3 amide bonds. The summed E-state index contributed by atoms with van der Waals surface area (Å²) >= 11 is 3.35. The van der Waals surface area contributed by atoms with Crippen molar-refractivity contribution in [3.8, 4) is 0 Å². The van der Waals surface area contributed by atoms with Crippen LogP contribution in [0.3, 0.4) is 0 Å². The summed E-state index contributed by atoms with van der Waals surface area (Å²) in [6.07, 6.45) is 3.19.